The largest absolute Gasteiger partial charge is 0.504 e. The fourth-order valence-corrected chi connectivity index (χ4v) is 2.12. The Morgan fingerprint density at radius 1 is 1.20 bits per heavy atom. The van der Waals surface area contributed by atoms with Gasteiger partial charge in [-0.15, -0.1) is 0 Å². The van der Waals surface area contributed by atoms with Gasteiger partial charge in [-0.2, -0.15) is 13.2 Å². The monoisotopic (exact) mass is 357 g/mol. The van der Waals surface area contributed by atoms with Gasteiger partial charge in [-0.25, -0.2) is 4.98 Å². The van der Waals surface area contributed by atoms with Crippen LogP contribution in [0.3, 0.4) is 0 Å². The number of hydrogen-bond donors (Lipinski definition) is 1. The summed E-state index contributed by atoms with van der Waals surface area (Å²) in [6.07, 6.45) is -1.01. The third-order valence-electron chi connectivity index (χ3n) is 3.53. The van der Waals surface area contributed by atoms with Gasteiger partial charge in [0.25, 0.3) is 0 Å². The highest BCUT2D eigenvalue weighted by Crippen LogP contribution is 2.29. The first-order valence-corrected chi connectivity index (χ1v) is 7.70. The summed E-state index contributed by atoms with van der Waals surface area (Å²) in [5.74, 6) is 0.0266. The molecule has 1 aliphatic rings. The number of aromatic nitrogens is 1. The van der Waals surface area contributed by atoms with Gasteiger partial charge in [0.2, 0.25) is 11.7 Å². The third kappa shape index (κ3) is 5.51. The number of alkyl halides is 3. The summed E-state index contributed by atoms with van der Waals surface area (Å²) < 4.78 is 48.0. The third-order valence-corrected chi connectivity index (χ3v) is 3.53. The number of ketones is 1. The van der Waals surface area contributed by atoms with Crippen molar-refractivity contribution in [1.82, 2.24) is 4.98 Å². The lowest BCUT2D eigenvalue weighted by Gasteiger charge is -2.15. The predicted molar refractivity (Wildman–Crippen MR) is 83.0 cm³/mol. The van der Waals surface area contributed by atoms with Crippen molar-refractivity contribution < 1.29 is 32.5 Å². The van der Waals surface area contributed by atoms with E-state index in [1.165, 1.54) is 12.1 Å². The van der Waals surface area contributed by atoms with Gasteiger partial charge in [0.1, 0.15) is 5.76 Å². The Morgan fingerprint density at radius 3 is 2.48 bits per heavy atom. The van der Waals surface area contributed by atoms with E-state index >= 15 is 0 Å². The smallest absolute Gasteiger partial charge is 0.417 e. The zero-order valence-corrected chi connectivity index (χ0v) is 13.6. The van der Waals surface area contributed by atoms with Crippen LogP contribution in [0.5, 0.6) is 5.88 Å². The highest BCUT2D eigenvalue weighted by Gasteiger charge is 2.30. The molecule has 136 valence electrons. The first-order chi connectivity index (χ1) is 11.8. The van der Waals surface area contributed by atoms with Gasteiger partial charge in [0, 0.05) is 12.3 Å². The lowest BCUT2D eigenvalue weighted by molar-refractivity contribution is -0.137. The number of allylic oxidation sites excluding steroid dienone is 4. The molecule has 0 fully saturated rings. The van der Waals surface area contributed by atoms with Gasteiger partial charge < -0.3 is 14.6 Å². The van der Waals surface area contributed by atoms with Gasteiger partial charge in [0.05, 0.1) is 25.2 Å². The zero-order valence-electron chi connectivity index (χ0n) is 13.6. The first-order valence-electron chi connectivity index (χ1n) is 7.70. The number of Topliss-reactive ketones (excluding diaryl/α,β-unsaturated/α-hetero) is 1. The minimum Gasteiger partial charge on any atom is -0.504 e. The summed E-state index contributed by atoms with van der Waals surface area (Å²) in [5, 5.41) is 9.31. The molecule has 25 heavy (non-hydrogen) atoms. The van der Waals surface area contributed by atoms with Gasteiger partial charge in [-0.3, -0.25) is 4.79 Å². The molecule has 0 unspecified atom stereocenters. The molecular formula is C17H18F3NO4. The normalized spacial score (nSPS) is 15.2. The molecule has 1 N–H and O–H groups in total. The number of pyridine rings is 1. The van der Waals surface area contributed by atoms with E-state index < -0.39 is 11.7 Å². The average molecular weight is 357 g/mol. The van der Waals surface area contributed by atoms with Crippen molar-refractivity contribution >= 4 is 5.78 Å². The van der Waals surface area contributed by atoms with Gasteiger partial charge >= 0.3 is 6.18 Å². The standard InChI is InChI=1S/C17H18F3NO4/c1-11-8-13(22)14(23)9-15(11)24-6-2-3-7-25-16-5-4-12(10-21-16)17(18,19)20/h4-5,8,10,22H,2-3,6-7,9H2,1H3. The van der Waals surface area contributed by atoms with Crippen molar-refractivity contribution in [1.29, 1.82) is 0 Å². The van der Waals surface area contributed by atoms with E-state index in [0.29, 0.717) is 37.4 Å². The van der Waals surface area contributed by atoms with Crippen LogP contribution in [-0.2, 0) is 15.7 Å². The fourth-order valence-electron chi connectivity index (χ4n) is 2.12. The molecule has 0 aromatic carbocycles. The molecule has 1 aromatic rings. The number of aliphatic hydroxyl groups is 1. The molecule has 0 amide bonds. The number of aliphatic hydroxyl groups excluding tert-OH is 1. The second-order valence-corrected chi connectivity index (χ2v) is 5.52. The lowest BCUT2D eigenvalue weighted by Crippen LogP contribution is -2.12. The molecule has 0 aliphatic heterocycles. The van der Waals surface area contributed by atoms with Crippen LogP contribution < -0.4 is 4.74 Å². The van der Waals surface area contributed by atoms with Crippen LogP contribution >= 0.6 is 0 Å². The molecule has 1 aliphatic carbocycles. The summed E-state index contributed by atoms with van der Waals surface area (Å²) in [4.78, 5) is 15.0. The molecular weight excluding hydrogens is 339 g/mol. The number of nitrogens with zero attached hydrogens (tertiary/aromatic N) is 1. The number of ether oxygens (including phenoxy) is 2. The second-order valence-electron chi connectivity index (χ2n) is 5.52. The number of halogens is 3. The Bertz CT molecular complexity index is 678. The topological polar surface area (TPSA) is 68.7 Å². The van der Waals surface area contributed by atoms with Crippen molar-refractivity contribution in [2.75, 3.05) is 13.2 Å². The summed E-state index contributed by atoms with van der Waals surface area (Å²) >= 11 is 0. The fraction of sp³-hybridized carbons (Fsp3) is 0.412. The number of unbranched alkanes of at least 4 members (excludes halogenated alkanes) is 1. The molecule has 1 heterocycles. The van der Waals surface area contributed by atoms with E-state index in [9.17, 15) is 23.1 Å². The molecule has 0 bridgehead atoms. The van der Waals surface area contributed by atoms with Crippen LogP contribution in [0.25, 0.3) is 0 Å². The summed E-state index contributed by atoms with van der Waals surface area (Å²) in [7, 11) is 0. The molecule has 8 heteroatoms. The second kappa shape index (κ2) is 8.04. The van der Waals surface area contributed by atoms with Crippen molar-refractivity contribution in [2.45, 2.75) is 32.4 Å². The van der Waals surface area contributed by atoms with E-state index in [0.717, 1.165) is 12.3 Å². The molecule has 5 nitrogen and oxygen atoms in total. The Balaban J connectivity index is 1.67. The van der Waals surface area contributed by atoms with Gasteiger partial charge in [-0.05, 0) is 37.5 Å². The van der Waals surface area contributed by atoms with Crippen LogP contribution in [0.2, 0.25) is 0 Å². The highest BCUT2D eigenvalue weighted by atomic mass is 19.4. The van der Waals surface area contributed by atoms with E-state index in [2.05, 4.69) is 4.98 Å². The highest BCUT2D eigenvalue weighted by molar-refractivity contribution is 5.96. The average Bonchev–Trinajstić information content (AvgIpc) is 2.55. The summed E-state index contributed by atoms with van der Waals surface area (Å²) in [5.41, 5.74) is -0.110. The Labute approximate surface area is 142 Å². The zero-order chi connectivity index (χ0) is 18.4. The van der Waals surface area contributed by atoms with Crippen molar-refractivity contribution in [2.24, 2.45) is 0 Å². The van der Waals surface area contributed by atoms with E-state index in [1.54, 1.807) is 6.92 Å². The number of rotatable bonds is 7. The molecule has 0 spiro atoms. The molecule has 0 radical (unpaired) electrons. The maximum absolute atomic E-state index is 12.4. The minimum absolute atomic E-state index is 0.0418. The minimum atomic E-state index is -4.41. The maximum Gasteiger partial charge on any atom is 0.417 e. The first kappa shape index (κ1) is 18.8. The van der Waals surface area contributed by atoms with Crippen LogP contribution in [0.1, 0.15) is 31.7 Å². The number of hydrogen-bond acceptors (Lipinski definition) is 5. The predicted octanol–water partition coefficient (Wildman–Crippen LogP) is 3.96. The molecule has 0 saturated carbocycles. The van der Waals surface area contributed by atoms with Crippen molar-refractivity contribution in [3.05, 3.63) is 47.1 Å². The Hall–Kier alpha value is -2.51. The van der Waals surface area contributed by atoms with E-state index in [-0.39, 0.29) is 23.8 Å². The summed E-state index contributed by atoms with van der Waals surface area (Å²) in [6, 6.07) is 2.10. The Kier molecular flexibility index (Phi) is 6.06. The SMILES string of the molecule is CC1=C(OCCCCOc2ccc(C(F)(F)F)cn2)CC(=O)C(O)=C1. The van der Waals surface area contributed by atoms with Crippen LogP contribution in [0, 0.1) is 0 Å². The quantitative estimate of drug-likeness (QED) is 0.748. The van der Waals surface area contributed by atoms with Crippen molar-refractivity contribution in [3.63, 3.8) is 0 Å². The van der Waals surface area contributed by atoms with Crippen molar-refractivity contribution in [3.8, 4) is 5.88 Å². The lowest BCUT2D eigenvalue weighted by atomic mass is 10.0. The molecule has 0 atom stereocenters. The molecule has 1 aromatic heterocycles. The van der Waals surface area contributed by atoms with Crippen LogP contribution in [-0.4, -0.2) is 29.1 Å². The van der Waals surface area contributed by atoms with E-state index in [1.807, 2.05) is 0 Å². The molecule has 0 saturated heterocycles. The maximum atomic E-state index is 12.4. The Morgan fingerprint density at radius 2 is 1.88 bits per heavy atom. The van der Waals surface area contributed by atoms with Crippen LogP contribution in [0.4, 0.5) is 13.2 Å². The number of carbonyl (C=O) groups is 1. The summed E-state index contributed by atoms with van der Waals surface area (Å²) in [6.45, 7) is 2.41. The van der Waals surface area contributed by atoms with Gasteiger partial charge in [0.15, 0.2) is 5.76 Å². The van der Waals surface area contributed by atoms with Gasteiger partial charge in [-0.1, -0.05) is 0 Å². The molecule has 2 rings (SSSR count). The number of carbonyl (C=O) groups excluding carboxylic acids is 1. The van der Waals surface area contributed by atoms with E-state index in [4.69, 9.17) is 9.47 Å². The van der Waals surface area contributed by atoms with Crippen LogP contribution in [0.15, 0.2) is 41.5 Å².